The first-order valence-electron chi connectivity index (χ1n) is 14.2. The molecule has 0 saturated carbocycles. The number of anilines is 2. The zero-order valence-electron chi connectivity index (χ0n) is 24.2. The van der Waals surface area contributed by atoms with Crippen molar-refractivity contribution in [2.24, 2.45) is 5.92 Å². The minimum atomic E-state index is -0.373. The first-order chi connectivity index (χ1) is 19.2. The number of nitrogens with one attached hydrogen (secondary N) is 1. The van der Waals surface area contributed by atoms with Crippen LogP contribution in [0.15, 0.2) is 30.5 Å². The lowest BCUT2D eigenvalue weighted by Crippen LogP contribution is -2.48. The second-order valence-electron chi connectivity index (χ2n) is 11.1. The maximum Gasteiger partial charge on any atom is 0.321 e. The van der Waals surface area contributed by atoms with E-state index in [2.05, 4.69) is 32.5 Å². The van der Waals surface area contributed by atoms with Crippen LogP contribution in [-0.2, 0) is 22.7 Å². The zero-order chi connectivity index (χ0) is 28.6. The van der Waals surface area contributed by atoms with Crippen LogP contribution in [0.5, 0.6) is 0 Å². The fourth-order valence-electron chi connectivity index (χ4n) is 5.09. The Morgan fingerprint density at radius 2 is 1.93 bits per heavy atom. The average molecular weight is 557 g/mol. The Kier molecular flexibility index (Phi) is 10.3. The average Bonchev–Trinajstić information content (AvgIpc) is 3.41. The lowest BCUT2D eigenvalue weighted by atomic mass is 10.0. The summed E-state index contributed by atoms with van der Waals surface area (Å²) in [6.07, 6.45) is 2.45. The van der Waals surface area contributed by atoms with E-state index in [4.69, 9.17) is 4.74 Å². The van der Waals surface area contributed by atoms with Crippen LogP contribution in [0.25, 0.3) is 0 Å². The molecule has 0 spiro atoms. The summed E-state index contributed by atoms with van der Waals surface area (Å²) >= 11 is 0. The zero-order valence-corrected chi connectivity index (χ0v) is 24.2. The van der Waals surface area contributed by atoms with E-state index in [-0.39, 0.29) is 43.2 Å². The molecule has 220 valence electrons. The highest BCUT2D eigenvalue weighted by Gasteiger charge is 2.29. The second-order valence-corrected chi connectivity index (χ2v) is 11.1. The third-order valence-corrected chi connectivity index (χ3v) is 7.83. The Labute approximate surface area is 236 Å². The van der Waals surface area contributed by atoms with Crippen LogP contribution in [0, 0.1) is 5.92 Å². The first-order valence-corrected chi connectivity index (χ1v) is 14.2. The number of aromatic nitrogens is 3. The molecule has 3 amide bonds. The van der Waals surface area contributed by atoms with Crippen molar-refractivity contribution < 1.29 is 19.4 Å². The number of piperazine rings is 1. The van der Waals surface area contributed by atoms with Crippen molar-refractivity contribution in [3.8, 4) is 0 Å². The van der Waals surface area contributed by atoms with Crippen LogP contribution in [0.1, 0.15) is 32.4 Å². The number of rotatable bonds is 6. The first kappa shape index (κ1) is 29.8. The van der Waals surface area contributed by atoms with Crippen molar-refractivity contribution >= 4 is 23.3 Å². The van der Waals surface area contributed by atoms with Gasteiger partial charge in [-0.25, -0.2) is 4.79 Å². The summed E-state index contributed by atoms with van der Waals surface area (Å²) in [4.78, 5) is 34.2. The van der Waals surface area contributed by atoms with Gasteiger partial charge in [0.25, 0.3) is 0 Å². The van der Waals surface area contributed by atoms with E-state index in [0.29, 0.717) is 38.2 Å². The van der Waals surface area contributed by atoms with E-state index in [9.17, 15) is 14.7 Å². The van der Waals surface area contributed by atoms with E-state index in [1.807, 2.05) is 44.3 Å². The summed E-state index contributed by atoms with van der Waals surface area (Å²) in [7, 11) is 3.87. The molecule has 0 aliphatic carbocycles. The molecule has 2 aliphatic rings. The van der Waals surface area contributed by atoms with E-state index in [0.717, 1.165) is 37.6 Å². The molecule has 1 fully saturated rings. The van der Waals surface area contributed by atoms with Gasteiger partial charge in [0, 0.05) is 76.6 Å². The smallest absolute Gasteiger partial charge is 0.321 e. The van der Waals surface area contributed by atoms with Crippen molar-refractivity contribution in [3.05, 3.63) is 36.2 Å². The van der Waals surface area contributed by atoms with Crippen LogP contribution in [-0.4, -0.2) is 119 Å². The standard InChI is InChI=1S/C28H44N8O4/c1-21-16-36(22(2)19-37)27(38)6-5-11-35-17-24(30-31-35)20-40-26(21)18-33(4)28(39)29-23-7-9-25(10-8-23)34-14-12-32(3)13-15-34/h7-10,17,21-22,26,37H,5-6,11-16,18-20H2,1-4H3,(H,29,39)/t21-,22-,26+/m1/s1. The number of hydrogen-bond donors (Lipinski definition) is 2. The van der Waals surface area contributed by atoms with Gasteiger partial charge < -0.3 is 34.8 Å². The largest absolute Gasteiger partial charge is 0.394 e. The van der Waals surface area contributed by atoms with Gasteiger partial charge in [-0.2, -0.15) is 0 Å². The molecular weight excluding hydrogens is 512 g/mol. The summed E-state index contributed by atoms with van der Waals surface area (Å²) in [5.41, 5.74) is 2.58. The number of hydrogen-bond acceptors (Lipinski definition) is 8. The van der Waals surface area contributed by atoms with E-state index >= 15 is 0 Å². The van der Waals surface area contributed by atoms with Gasteiger partial charge in [-0.3, -0.25) is 9.48 Å². The number of benzene rings is 1. The SMILES string of the molecule is C[C@@H]1CN([C@H](C)CO)C(=O)CCCn2cc(nn2)CO[C@H]1CN(C)C(=O)Nc1ccc(N2CCN(C)CC2)cc1. The number of nitrogens with zero attached hydrogens (tertiary/aromatic N) is 7. The summed E-state index contributed by atoms with van der Waals surface area (Å²) in [6.45, 7) is 9.34. The van der Waals surface area contributed by atoms with Crippen molar-refractivity contribution in [2.75, 3.05) is 70.2 Å². The van der Waals surface area contributed by atoms with Gasteiger partial charge in [0.05, 0.1) is 31.6 Å². The molecule has 4 rings (SSSR count). The number of carbonyl (C=O) groups excluding carboxylic acids is 2. The number of aliphatic hydroxyl groups excluding tert-OH is 1. The van der Waals surface area contributed by atoms with Crippen molar-refractivity contribution in [1.29, 1.82) is 0 Å². The van der Waals surface area contributed by atoms with Gasteiger partial charge in [0.1, 0.15) is 5.69 Å². The molecule has 0 radical (unpaired) electrons. The fourth-order valence-corrected chi connectivity index (χ4v) is 5.09. The molecule has 40 heavy (non-hydrogen) atoms. The molecule has 1 aromatic carbocycles. The van der Waals surface area contributed by atoms with Gasteiger partial charge in [-0.05, 0) is 44.7 Å². The number of aryl methyl sites for hydroxylation is 1. The molecule has 3 heterocycles. The van der Waals surface area contributed by atoms with Crippen molar-refractivity contribution in [2.45, 2.75) is 52.0 Å². The third-order valence-electron chi connectivity index (χ3n) is 7.83. The minimum absolute atomic E-state index is 0.0159. The van der Waals surface area contributed by atoms with E-state index in [1.54, 1.807) is 21.5 Å². The van der Waals surface area contributed by atoms with Gasteiger partial charge in [0.2, 0.25) is 5.91 Å². The number of ether oxygens (including phenoxy) is 1. The molecule has 2 aliphatic heterocycles. The molecule has 12 nitrogen and oxygen atoms in total. The number of urea groups is 1. The number of carbonyl (C=O) groups is 2. The monoisotopic (exact) mass is 556 g/mol. The predicted octanol–water partition coefficient (Wildman–Crippen LogP) is 1.72. The predicted molar refractivity (Wildman–Crippen MR) is 153 cm³/mol. The van der Waals surface area contributed by atoms with Crippen LogP contribution >= 0.6 is 0 Å². The summed E-state index contributed by atoms with van der Waals surface area (Å²) in [6, 6.07) is 7.40. The van der Waals surface area contributed by atoms with Gasteiger partial charge >= 0.3 is 6.03 Å². The molecule has 1 aromatic heterocycles. The summed E-state index contributed by atoms with van der Waals surface area (Å²) in [5, 5.41) is 21.1. The third kappa shape index (κ3) is 7.92. The summed E-state index contributed by atoms with van der Waals surface area (Å²) in [5.74, 6) is -0.121. The Balaban J connectivity index is 1.41. The lowest BCUT2D eigenvalue weighted by molar-refractivity contribution is -0.136. The Hall–Kier alpha value is -3.22. The fraction of sp³-hybridized carbons (Fsp3) is 0.643. The van der Waals surface area contributed by atoms with E-state index in [1.165, 1.54) is 0 Å². The number of amides is 3. The Morgan fingerprint density at radius 3 is 2.62 bits per heavy atom. The van der Waals surface area contributed by atoms with Crippen LogP contribution in [0.3, 0.4) is 0 Å². The van der Waals surface area contributed by atoms with Crippen LogP contribution in [0.4, 0.5) is 16.2 Å². The maximum atomic E-state index is 13.1. The summed E-state index contributed by atoms with van der Waals surface area (Å²) < 4.78 is 8.00. The van der Waals surface area contributed by atoms with Gasteiger partial charge in [0.15, 0.2) is 0 Å². The van der Waals surface area contributed by atoms with Crippen LogP contribution in [0.2, 0.25) is 0 Å². The molecule has 12 heteroatoms. The highest BCUT2D eigenvalue weighted by molar-refractivity contribution is 5.89. The highest BCUT2D eigenvalue weighted by atomic mass is 16.5. The lowest BCUT2D eigenvalue weighted by Gasteiger charge is -2.35. The van der Waals surface area contributed by atoms with Crippen molar-refractivity contribution in [3.63, 3.8) is 0 Å². The van der Waals surface area contributed by atoms with E-state index < -0.39 is 0 Å². The number of fused-ring (bicyclic) bond motifs is 2. The molecule has 2 bridgehead atoms. The number of likely N-dealkylation sites (N-methyl/N-ethyl adjacent to an activating group) is 2. The highest BCUT2D eigenvalue weighted by Crippen LogP contribution is 2.21. The molecule has 1 saturated heterocycles. The molecule has 2 aromatic rings. The number of aliphatic hydroxyl groups is 1. The quantitative estimate of drug-likeness (QED) is 0.552. The van der Waals surface area contributed by atoms with Gasteiger partial charge in [-0.15, -0.1) is 5.10 Å². The topological polar surface area (TPSA) is 119 Å². The van der Waals surface area contributed by atoms with Gasteiger partial charge in [-0.1, -0.05) is 12.1 Å². The minimum Gasteiger partial charge on any atom is -0.394 e. The Bertz CT molecular complexity index is 1100. The normalized spacial score (nSPS) is 22.2. The molecular formula is C28H44N8O4. The molecule has 0 unspecified atom stereocenters. The second kappa shape index (κ2) is 13.9. The van der Waals surface area contributed by atoms with Crippen LogP contribution < -0.4 is 10.2 Å². The molecule has 3 atom stereocenters. The maximum absolute atomic E-state index is 13.1. The molecule has 2 N–H and O–H groups in total. The Morgan fingerprint density at radius 1 is 1.20 bits per heavy atom. The van der Waals surface area contributed by atoms with Crippen molar-refractivity contribution in [1.82, 2.24) is 29.7 Å².